The van der Waals surface area contributed by atoms with Crippen LogP contribution >= 0.6 is 0 Å². The molecule has 0 radical (unpaired) electrons. The number of aromatic nitrogens is 2. The highest BCUT2D eigenvalue weighted by Gasteiger charge is 2.34. The third-order valence-corrected chi connectivity index (χ3v) is 3.32. The van der Waals surface area contributed by atoms with E-state index < -0.39 is 0 Å². The van der Waals surface area contributed by atoms with E-state index in [-0.39, 0.29) is 17.8 Å². The molecule has 5 nitrogen and oxygen atoms in total. The Kier molecular flexibility index (Phi) is 6.13. The van der Waals surface area contributed by atoms with Crippen LogP contribution in [0.25, 0.3) is 6.08 Å². The highest BCUT2D eigenvalue weighted by atomic mass is 16.5. The summed E-state index contributed by atoms with van der Waals surface area (Å²) in [6, 6.07) is 0. The van der Waals surface area contributed by atoms with Crippen molar-refractivity contribution in [3.63, 3.8) is 0 Å². The molecule has 1 aromatic heterocycles. The van der Waals surface area contributed by atoms with E-state index in [0.29, 0.717) is 24.3 Å². The third kappa shape index (κ3) is 6.67. The van der Waals surface area contributed by atoms with Crippen molar-refractivity contribution in [1.82, 2.24) is 9.97 Å². The molecule has 128 valence electrons. The van der Waals surface area contributed by atoms with Gasteiger partial charge in [0.2, 0.25) is 0 Å². The summed E-state index contributed by atoms with van der Waals surface area (Å²) in [7, 11) is 0. The predicted molar refractivity (Wildman–Crippen MR) is 90.4 cm³/mol. The first kappa shape index (κ1) is 17.9. The van der Waals surface area contributed by atoms with Gasteiger partial charge in [0.25, 0.3) is 0 Å². The summed E-state index contributed by atoms with van der Waals surface area (Å²) in [6.45, 7) is 10.8. The number of nitrogens with zero attached hydrogens (tertiary/aromatic N) is 2. The van der Waals surface area contributed by atoms with Crippen molar-refractivity contribution in [3.8, 4) is 5.75 Å². The molecule has 1 aliphatic rings. The van der Waals surface area contributed by atoms with Gasteiger partial charge in [-0.2, -0.15) is 0 Å². The van der Waals surface area contributed by atoms with E-state index in [1.165, 1.54) is 0 Å². The Balaban J connectivity index is 1.72. The molecule has 5 heteroatoms. The van der Waals surface area contributed by atoms with Gasteiger partial charge in [0.05, 0.1) is 36.8 Å². The second-order valence-corrected chi connectivity index (χ2v) is 7.12. The Morgan fingerprint density at radius 2 is 1.83 bits per heavy atom. The van der Waals surface area contributed by atoms with E-state index in [9.17, 15) is 0 Å². The van der Waals surface area contributed by atoms with Crippen LogP contribution in [0.5, 0.6) is 5.75 Å². The molecule has 23 heavy (non-hydrogen) atoms. The van der Waals surface area contributed by atoms with Gasteiger partial charge in [0.1, 0.15) is 6.10 Å². The van der Waals surface area contributed by atoms with Crippen LogP contribution in [0.1, 0.15) is 53.3 Å². The van der Waals surface area contributed by atoms with Crippen molar-refractivity contribution in [2.75, 3.05) is 6.61 Å². The fourth-order valence-electron chi connectivity index (χ4n) is 2.28. The van der Waals surface area contributed by atoms with Crippen LogP contribution in [0, 0.1) is 0 Å². The lowest BCUT2D eigenvalue weighted by molar-refractivity contribution is -0.126. The molecule has 0 saturated heterocycles. The molecule has 0 spiro atoms. The molecule has 0 atom stereocenters. The molecule has 0 bridgehead atoms. The van der Waals surface area contributed by atoms with Crippen molar-refractivity contribution in [3.05, 3.63) is 24.3 Å². The fraction of sp³-hybridized carbons (Fsp3) is 0.667. The third-order valence-electron chi connectivity index (χ3n) is 3.32. The average molecular weight is 320 g/mol. The minimum Gasteiger partial charge on any atom is -0.487 e. The van der Waals surface area contributed by atoms with E-state index >= 15 is 0 Å². The zero-order valence-corrected chi connectivity index (χ0v) is 14.8. The molecule has 1 aliphatic carbocycles. The minimum absolute atomic E-state index is 0.0913. The molecular weight excluding hydrogens is 292 g/mol. The molecule has 0 unspecified atom stereocenters. The molecule has 1 fully saturated rings. The second kappa shape index (κ2) is 7.88. The van der Waals surface area contributed by atoms with E-state index in [1.54, 1.807) is 12.4 Å². The van der Waals surface area contributed by atoms with Gasteiger partial charge in [0, 0.05) is 12.8 Å². The maximum atomic E-state index is 5.90. The van der Waals surface area contributed by atoms with Crippen molar-refractivity contribution in [2.45, 2.75) is 71.4 Å². The molecule has 0 amide bonds. The molecule has 0 N–H and O–H groups in total. The minimum atomic E-state index is -0.0913. The fourth-order valence-corrected chi connectivity index (χ4v) is 2.28. The van der Waals surface area contributed by atoms with Gasteiger partial charge in [-0.1, -0.05) is 6.08 Å². The highest BCUT2D eigenvalue weighted by Crippen LogP contribution is 2.30. The zero-order chi connectivity index (χ0) is 16.9. The van der Waals surface area contributed by atoms with Gasteiger partial charge < -0.3 is 14.2 Å². The van der Waals surface area contributed by atoms with E-state index in [4.69, 9.17) is 14.2 Å². The first-order chi connectivity index (χ1) is 10.8. The SMILES string of the molecule is CC(C)OC/C=C/c1ncc(OC2CC(OC(C)(C)C)C2)cn1. The largest absolute Gasteiger partial charge is 0.487 e. The van der Waals surface area contributed by atoms with Crippen molar-refractivity contribution < 1.29 is 14.2 Å². The van der Waals surface area contributed by atoms with E-state index in [0.717, 1.165) is 12.8 Å². The summed E-state index contributed by atoms with van der Waals surface area (Å²) < 4.78 is 17.2. The van der Waals surface area contributed by atoms with Crippen LogP contribution in [0.3, 0.4) is 0 Å². The maximum absolute atomic E-state index is 5.90. The number of rotatable bonds is 7. The maximum Gasteiger partial charge on any atom is 0.156 e. The topological polar surface area (TPSA) is 53.5 Å². The number of hydrogen-bond donors (Lipinski definition) is 0. The van der Waals surface area contributed by atoms with Crippen molar-refractivity contribution in [1.29, 1.82) is 0 Å². The second-order valence-electron chi connectivity index (χ2n) is 7.12. The van der Waals surface area contributed by atoms with Gasteiger partial charge in [-0.05, 0) is 40.7 Å². The average Bonchev–Trinajstić information content (AvgIpc) is 2.41. The first-order valence-corrected chi connectivity index (χ1v) is 8.26. The Labute approximate surface area is 139 Å². The van der Waals surface area contributed by atoms with Crippen LogP contribution in [0.2, 0.25) is 0 Å². The smallest absolute Gasteiger partial charge is 0.156 e. The molecule has 2 rings (SSSR count). The molecule has 1 aromatic rings. The normalized spacial score (nSPS) is 21.7. The Hall–Kier alpha value is -1.46. The van der Waals surface area contributed by atoms with Gasteiger partial charge in [0.15, 0.2) is 11.6 Å². The summed E-state index contributed by atoms with van der Waals surface area (Å²) in [6.07, 6.45) is 9.76. The van der Waals surface area contributed by atoms with Crippen LogP contribution in [0.4, 0.5) is 0 Å². The summed E-state index contributed by atoms with van der Waals surface area (Å²) in [5, 5.41) is 0. The molecular formula is C18H28N2O3. The molecule has 0 aliphatic heterocycles. The first-order valence-electron chi connectivity index (χ1n) is 8.26. The van der Waals surface area contributed by atoms with Crippen LogP contribution in [-0.4, -0.2) is 40.5 Å². The Bertz CT molecular complexity index is 500. The number of hydrogen-bond acceptors (Lipinski definition) is 5. The van der Waals surface area contributed by atoms with Gasteiger partial charge in [-0.3, -0.25) is 0 Å². The van der Waals surface area contributed by atoms with Gasteiger partial charge in [-0.25, -0.2) is 9.97 Å². The number of ether oxygens (including phenoxy) is 3. The summed E-state index contributed by atoms with van der Waals surface area (Å²) in [5.41, 5.74) is -0.0913. The molecule has 1 saturated carbocycles. The quantitative estimate of drug-likeness (QED) is 0.768. The van der Waals surface area contributed by atoms with E-state index in [2.05, 4.69) is 30.7 Å². The van der Waals surface area contributed by atoms with E-state index in [1.807, 2.05) is 26.0 Å². The van der Waals surface area contributed by atoms with Gasteiger partial charge in [-0.15, -0.1) is 0 Å². The van der Waals surface area contributed by atoms with Crippen LogP contribution < -0.4 is 4.74 Å². The lowest BCUT2D eigenvalue weighted by Crippen LogP contribution is -2.43. The highest BCUT2D eigenvalue weighted by molar-refractivity contribution is 5.39. The summed E-state index contributed by atoms with van der Waals surface area (Å²) in [5.74, 6) is 1.37. The Morgan fingerprint density at radius 1 is 1.17 bits per heavy atom. The lowest BCUT2D eigenvalue weighted by atomic mass is 9.91. The standard InChI is InChI=1S/C18H28N2O3/c1-13(2)21-8-6-7-17-19-11-16(12-20-17)22-14-9-15(10-14)23-18(3,4)5/h6-7,11-15H,8-10H2,1-5H3/b7-6+. The Morgan fingerprint density at radius 3 is 2.39 bits per heavy atom. The summed E-state index contributed by atoms with van der Waals surface area (Å²) >= 11 is 0. The lowest BCUT2D eigenvalue weighted by Gasteiger charge is -2.38. The monoisotopic (exact) mass is 320 g/mol. The van der Waals surface area contributed by atoms with Gasteiger partial charge >= 0.3 is 0 Å². The summed E-state index contributed by atoms with van der Waals surface area (Å²) in [4.78, 5) is 8.55. The predicted octanol–water partition coefficient (Wildman–Crippen LogP) is 3.64. The van der Waals surface area contributed by atoms with Crippen molar-refractivity contribution in [2.24, 2.45) is 0 Å². The van der Waals surface area contributed by atoms with Crippen LogP contribution in [0.15, 0.2) is 18.5 Å². The zero-order valence-electron chi connectivity index (χ0n) is 14.8. The molecule has 1 heterocycles. The van der Waals surface area contributed by atoms with Crippen molar-refractivity contribution >= 4 is 6.08 Å². The molecule has 0 aromatic carbocycles. The van der Waals surface area contributed by atoms with Crippen LogP contribution in [-0.2, 0) is 9.47 Å².